The molecule has 0 aromatic heterocycles. The molecule has 17 heavy (non-hydrogen) atoms. The molecule has 1 rings (SSSR count). The van der Waals surface area contributed by atoms with Crippen molar-refractivity contribution in [1.82, 2.24) is 5.32 Å². The third-order valence-electron chi connectivity index (χ3n) is 2.51. The fraction of sp³-hybridized carbons (Fsp3) is 0.636. The highest BCUT2D eigenvalue weighted by Crippen LogP contribution is 2.24. The molecule has 0 saturated heterocycles. The minimum Gasteiger partial charge on any atom is -0.496 e. The Morgan fingerprint density at radius 3 is 2.41 bits per heavy atom. The molecule has 1 aliphatic heterocycles. The number of rotatable bonds is 4. The van der Waals surface area contributed by atoms with Gasteiger partial charge < -0.3 is 14.2 Å². The fourth-order valence-electron chi connectivity index (χ4n) is 1.77. The van der Waals surface area contributed by atoms with E-state index in [1.165, 1.54) is 14.2 Å². The number of hydrogen-bond acceptors (Lipinski definition) is 6. The number of esters is 2. The lowest BCUT2D eigenvalue weighted by molar-refractivity contribution is -0.145. The van der Waals surface area contributed by atoms with Crippen LogP contribution in [0.2, 0.25) is 0 Å². The van der Waals surface area contributed by atoms with E-state index in [4.69, 9.17) is 4.74 Å². The molecule has 0 aliphatic carbocycles. The summed E-state index contributed by atoms with van der Waals surface area (Å²) in [5.74, 6) is -0.678. The van der Waals surface area contributed by atoms with Crippen molar-refractivity contribution in [2.24, 2.45) is 0 Å². The van der Waals surface area contributed by atoms with Crippen LogP contribution in [0.1, 0.15) is 13.8 Å². The molecule has 0 radical (unpaired) electrons. The van der Waals surface area contributed by atoms with Gasteiger partial charge in [-0.25, -0.2) is 9.59 Å². The van der Waals surface area contributed by atoms with E-state index < -0.39 is 18.0 Å². The SMILES string of the molecule is CCOC1=C(C(=O)OC)[C@@H](C(=O)OC)N[C@H]1C. The molecule has 6 heteroatoms. The van der Waals surface area contributed by atoms with Crippen LogP contribution in [-0.2, 0) is 23.8 Å². The van der Waals surface area contributed by atoms with E-state index in [1.54, 1.807) is 13.8 Å². The average Bonchev–Trinajstić information content (AvgIpc) is 2.65. The van der Waals surface area contributed by atoms with Crippen molar-refractivity contribution >= 4 is 11.9 Å². The van der Waals surface area contributed by atoms with Gasteiger partial charge >= 0.3 is 11.9 Å². The largest absolute Gasteiger partial charge is 0.496 e. The first-order chi connectivity index (χ1) is 8.06. The molecule has 0 bridgehead atoms. The van der Waals surface area contributed by atoms with Crippen molar-refractivity contribution in [3.63, 3.8) is 0 Å². The normalized spacial score (nSPS) is 23.5. The van der Waals surface area contributed by atoms with Gasteiger partial charge in [0.15, 0.2) is 0 Å². The second-order valence-corrected chi connectivity index (χ2v) is 3.55. The summed E-state index contributed by atoms with van der Waals surface area (Å²) in [7, 11) is 2.53. The quantitative estimate of drug-likeness (QED) is 0.700. The molecule has 0 fully saturated rings. The first-order valence-corrected chi connectivity index (χ1v) is 5.35. The predicted octanol–water partition coefficient (Wildman–Crippen LogP) is -0.0167. The zero-order valence-corrected chi connectivity index (χ0v) is 10.4. The Kier molecular flexibility index (Phi) is 4.51. The van der Waals surface area contributed by atoms with Crippen LogP contribution in [0.15, 0.2) is 11.3 Å². The van der Waals surface area contributed by atoms with Crippen LogP contribution in [0.4, 0.5) is 0 Å². The van der Waals surface area contributed by atoms with Crippen LogP contribution in [0.5, 0.6) is 0 Å². The Bertz CT molecular complexity index is 350. The number of carbonyl (C=O) groups is 2. The smallest absolute Gasteiger partial charge is 0.339 e. The summed E-state index contributed by atoms with van der Waals surface area (Å²) >= 11 is 0. The van der Waals surface area contributed by atoms with Crippen LogP contribution in [0.3, 0.4) is 0 Å². The molecule has 0 aromatic rings. The van der Waals surface area contributed by atoms with Gasteiger partial charge in [0.05, 0.1) is 26.9 Å². The lowest BCUT2D eigenvalue weighted by atomic mass is 10.1. The van der Waals surface area contributed by atoms with Crippen molar-refractivity contribution in [1.29, 1.82) is 0 Å². The van der Waals surface area contributed by atoms with Crippen molar-refractivity contribution in [2.45, 2.75) is 25.9 Å². The molecular formula is C11H17NO5. The molecule has 1 N–H and O–H groups in total. The highest BCUT2D eigenvalue weighted by Gasteiger charge is 2.41. The highest BCUT2D eigenvalue weighted by atomic mass is 16.5. The van der Waals surface area contributed by atoms with Gasteiger partial charge in [-0.1, -0.05) is 0 Å². The molecule has 0 aromatic carbocycles. The van der Waals surface area contributed by atoms with Gasteiger partial charge in [-0.2, -0.15) is 0 Å². The maximum atomic E-state index is 11.7. The van der Waals surface area contributed by atoms with Crippen molar-refractivity contribution in [3.05, 3.63) is 11.3 Å². The number of methoxy groups -OCH3 is 2. The zero-order valence-electron chi connectivity index (χ0n) is 10.4. The topological polar surface area (TPSA) is 73.9 Å². The predicted molar refractivity (Wildman–Crippen MR) is 59.1 cm³/mol. The number of ether oxygens (including phenoxy) is 3. The molecule has 1 aliphatic rings. The monoisotopic (exact) mass is 243 g/mol. The lowest BCUT2D eigenvalue weighted by Crippen LogP contribution is -2.39. The zero-order chi connectivity index (χ0) is 13.0. The molecule has 0 saturated carbocycles. The van der Waals surface area contributed by atoms with Crippen LogP contribution in [-0.4, -0.2) is 44.8 Å². The molecular weight excluding hydrogens is 226 g/mol. The van der Waals surface area contributed by atoms with Crippen molar-refractivity contribution in [2.75, 3.05) is 20.8 Å². The van der Waals surface area contributed by atoms with Gasteiger partial charge in [0, 0.05) is 0 Å². The van der Waals surface area contributed by atoms with Gasteiger partial charge in [0.25, 0.3) is 0 Å². The third kappa shape index (κ3) is 2.58. The van der Waals surface area contributed by atoms with Crippen LogP contribution in [0.25, 0.3) is 0 Å². The van der Waals surface area contributed by atoms with Crippen LogP contribution in [0, 0.1) is 0 Å². The average molecular weight is 243 g/mol. The molecule has 1 heterocycles. The molecule has 6 nitrogen and oxygen atoms in total. The first kappa shape index (κ1) is 13.5. The third-order valence-corrected chi connectivity index (χ3v) is 2.51. The first-order valence-electron chi connectivity index (χ1n) is 5.35. The summed E-state index contributed by atoms with van der Waals surface area (Å²) in [6.45, 7) is 4.02. The summed E-state index contributed by atoms with van der Waals surface area (Å²) in [5.41, 5.74) is 0.189. The number of carbonyl (C=O) groups excluding carboxylic acids is 2. The Labute approximate surface area is 99.9 Å². The van der Waals surface area contributed by atoms with E-state index >= 15 is 0 Å². The van der Waals surface area contributed by atoms with Gasteiger partial charge in [0.1, 0.15) is 17.4 Å². The molecule has 2 atom stereocenters. The summed E-state index contributed by atoms with van der Waals surface area (Å²) in [5, 5.41) is 2.93. The molecule has 0 amide bonds. The van der Waals surface area contributed by atoms with Crippen LogP contribution >= 0.6 is 0 Å². The van der Waals surface area contributed by atoms with E-state index in [0.29, 0.717) is 12.4 Å². The van der Waals surface area contributed by atoms with Gasteiger partial charge in [-0.15, -0.1) is 0 Å². The van der Waals surface area contributed by atoms with Gasteiger partial charge in [-0.3, -0.25) is 5.32 Å². The van der Waals surface area contributed by atoms with E-state index in [9.17, 15) is 9.59 Å². The summed E-state index contributed by atoms with van der Waals surface area (Å²) in [4.78, 5) is 23.2. The number of nitrogens with one attached hydrogen (secondary N) is 1. The lowest BCUT2D eigenvalue weighted by Gasteiger charge is -2.11. The summed E-state index contributed by atoms with van der Waals surface area (Å²) in [6.07, 6.45) is 0. The Hall–Kier alpha value is -1.56. The maximum Gasteiger partial charge on any atom is 0.339 e. The number of hydrogen-bond donors (Lipinski definition) is 1. The van der Waals surface area contributed by atoms with E-state index in [-0.39, 0.29) is 11.6 Å². The molecule has 0 unspecified atom stereocenters. The van der Waals surface area contributed by atoms with E-state index in [0.717, 1.165) is 0 Å². The molecule has 0 spiro atoms. The second-order valence-electron chi connectivity index (χ2n) is 3.55. The Morgan fingerprint density at radius 1 is 1.29 bits per heavy atom. The van der Waals surface area contributed by atoms with Gasteiger partial charge in [0.2, 0.25) is 0 Å². The Morgan fingerprint density at radius 2 is 1.94 bits per heavy atom. The summed E-state index contributed by atoms with van der Waals surface area (Å²) < 4.78 is 14.7. The minimum absolute atomic E-state index is 0.189. The van der Waals surface area contributed by atoms with Crippen molar-refractivity contribution < 1.29 is 23.8 Å². The highest BCUT2D eigenvalue weighted by molar-refractivity contribution is 5.99. The minimum atomic E-state index is -0.830. The maximum absolute atomic E-state index is 11.7. The molecule has 96 valence electrons. The Balaban J connectivity index is 3.11. The second kappa shape index (κ2) is 5.67. The fourth-order valence-corrected chi connectivity index (χ4v) is 1.77. The van der Waals surface area contributed by atoms with E-state index in [1.807, 2.05) is 0 Å². The van der Waals surface area contributed by atoms with Crippen molar-refractivity contribution in [3.8, 4) is 0 Å². The summed E-state index contributed by atoms with van der Waals surface area (Å²) in [6, 6.07) is -1.06. The van der Waals surface area contributed by atoms with Gasteiger partial charge in [-0.05, 0) is 13.8 Å². The standard InChI is InChI=1S/C11H17NO5/c1-5-17-9-6(2)12-8(11(14)16-4)7(9)10(13)15-3/h6,8,12H,5H2,1-4H3/t6-,8-/m0/s1. The van der Waals surface area contributed by atoms with Crippen LogP contribution < -0.4 is 5.32 Å². The van der Waals surface area contributed by atoms with E-state index in [2.05, 4.69) is 14.8 Å².